The van der Waals surface area contributed by atoms with Gasteiger partial charge in [0.25, 0.3) is 5.91 Å². The molecule has 1 unspecified atom stereocenters. The molecule has 0 bridgehead atoms. The molecule has 0 spiro atoms. The summed E-state index contributed by atoms with van der Waals surface area (Å²) in [6, 6.07) is 8.51. The number of benzene rings is 2. The molecule has 164 valence electrons. The molecule has 0 aliphatic carbocycles. The minimum Gasteiger partial charge on any atom is -0.368 e. The van der Waals surface area contributed by atoms with E-state index < -0.39 is 27.9 Å². The zero-order valence-corrected chi connectivity index (χ0v) is 18.7. The predicted molar refractivity (Wildman–Crippen MR) is 119 cm³/mol. The minimum absolute atomic E-state index is 0. The minimum atomic E-state index is -4.16. The lowest BCUT2D eigenvalue weighted by atomic mass is 10.1. The smallest absolute Gasteiger partial charge is 0.252 e. The summed E-state index contributed by atoms with van der Waals surface area (Å²) < 4.78 is 27.9. The van der Waals surface area contributed by atoms with Crippen LogP contribution >= 0.6 is 12.4 Å². The van der Waals surface area contributed by atoms with Crippen LogP contribution in [0.5, 0.6) is 0 Å². The van der Waals surface area contributed by atoms with Crippen molar-refractivity contribution >= 4 is 39.9 Å². The third-order valence-electron chi connectivity index (χ3n) is 4.35. The van der Waals surface area contributed by atoms with Gasteiger partial charge in [-0.2, -0.15) is 4.72 Å². The van der Waals surface area contributed by atoms with Crippen molar-refractivity contribution in [2.24, 2.45) is 11.5 Å². The van der Waals surface area contributed by atoms with Gasteiger partial charge in [-0.15, -0.1) is 12.4 Å². The molecule has 30 heavy (non-hydrogen) atoms. The number of carbonyl (C=O) groups is 2. The molecule has 0 saturated heterocycles. The van der Waals surface area contributed by atoms with Crippen LogP contribution in [0.2, 0.25) is 0 Å². The van der Waals surface area contributed by atoms with Gasteiger partial charge in [0.1, 0.15) is 0 Å². The van der Waals surface area contributed by atoms with E-state index >= 15 is 0 Å². The number of hydrogen-bond acceptors (Lipinski definition) is 5. The molecular formula is C20H27ClN4O4S. The molecule has 0 saturated carbocycles. The molecule has 0 aliphatic rings. The Balaban J connectivity index is 0.00000450. The molecule has 0 aliphatic heterocycles. The van der Waals surface area contributed by atoms with Crippen molar-refractivity contribution < 1.29 is 18.0 Å². The van der Waals surface area contributed by atoms with Crippen molar-refractivity contribution in [1.82, 2.24) is 4.72 Å². The highest BCUT2D eigenvalue weighted by Gasteiger charge is 2.32. The summed E-state index contributed by atoms with van der Waals surface area (Å²) in [5.41, 5.74) is 14.1. The lowest BCUT2D eigenvalue weighted by Crippen LogP contribution is -2.51. The normalized spacial score (nSPS) is 12.0. The van der Waals surface area contributed by atoms with E-state index in [4.69, 9.17) is 11.5 Å². The Bertz CT molecular complexity index is 1000. The number of primary amides is 1. The summed E-state index contributed by atoms with van der Waals surface area (Å²) in [4.78, 5) is 24.4. The van der Waals surface area contributed by atoms with Crippen LogP contribution in [0.1, 0.15) is 22.3 Å². The van der Waals surface area contributed by atoms with E-state index in [1.807, 2.05) is 6.92 Å². The van der Waals surface area contributed by atoms with Gasteiger partial charge < -0.3 is 16.8 Å². The maximum absolute atomic E-state index is 12.9. The second-order valence-corrected chi connectivity index (χ2v) is 8.56. The lowest BCUT2D eigenvalue weighted by molar-refractivity contribution is -0.127. The number of aryl methyl sites for hydroxylation is 3. The van der Waals surface area contributed by atoms with Gasteiger partial charge in [-0.1, -0.05) is 29.8 Å². The SMILES string of the molecule is Cc1cc(C)c(S(=O)(=O)NC(C(N)=O)C(=O)Nc2ccc(CCN)cc2)c(C)c1.Cl. The van der Waals surface area contributed by atoms with Gasteiger partial charge in [0.2, 0.25) is 15.9 Å². The number of sulfonamides is 1. The third kappa shape index (κ3) is 6.27. The highest BCUT2D eigenvalue weighted by atomic mass is 35.5. The molecule has 0 heterocycles. The summed E-state index contributed by atoms with van der Waals surface area (Å²) in [6.07, 6.45) is 0.688. The number of nitrogens with one attached hydrogen (secondary N) is 2. The van der Waals surface area contributed by atoms with Crippen LogP contribution in [0.3, 0.4) is 0 Å². The number of amides is 2. The number of hydrogen-bond donors (Lipinski definition) is 4. The predicted octanol–water partition coefficient (Wildman–Crippen LogP) is 1.31. The Labute approximate surface area is 182 Å². The van der Waals surface area contributed by atoms with E-state index in [1.54, 1.807) is 50.2 Å². The van der Waals surface area contributed by atoms with Gasteiger partial charge >= 0.3 is 0 Å². The van der Waals surface area contributed by atoms with Crippen molar-refractivity contribution in [2.45, 2.75) is 38.1 Å². The fourth-order valence-corrected chi connectivity index (χ4v) is 4.80. The summed E-state index contributed by atoms with van der Waals surface area (Å²) in [6.45, 7) is 5.64. The first kappa shape index (κ1) is 25.6. The van der Waals surface area contributed by atoms with E-state index in [0.29, 0.717) is 29.8 Å². The van der Waals surface area contributed by atoms with Gasteiger partial charge in [0.05, 0.1) is 4.90 Å². The first-order valence-corrected chi connectivity index (χ1v) is 10.5. The van der Waals surface area contributed by atoms with Crippen LogP contribution in [0, 0.1) is 20.8 Å². The maximum atomic E-state index is 12.9. The molecule has 8 nitrogen and oxygen atoms in total. The number of rotatable bonds is 8. The maximum Gasteiger partial charge on any atom is 0.252 e. The topological polar surface area (TPSA) is 144 Å². The molecule has 2 aromatic rings. The van der Waals surface area contributed by atoms with E-state index in [-0.39, 0.29) is 17.3 Å². The number of carbonyl (C=O) groups excluding carboxylic acids is 2. The van der Waals surface area contributed by atoms with Crippen molar-refractivity contribution in [1.29, 1.82) is 0 Å². The molecule has 0 aromatic heterocycles. The second kappa shape index (κ2) is 10.5. The average Bonchev–Trinajstić information content (AvgIpc) is 2.60. The standard InChI is InChI=1S/C20H26N4O4S.ClH/c1-12-10-13(2)18(14(3)11-12)29(27,28)24-17(19(22)25)20(26)23-16-6-4-15(5-7-16)8-9-21;/h4-7,10-11,17,24H,8-9,21H2,1-3H3,(H2,22,25)(H,23,26);1H. The van der Waals surface area contributed by atoms with Crippen molar-refractivity contribution in [3.8, 4) is 0 Å². The first-order chi connectivity index (χ1) is 13.5. The van der Waals surface area contributed by atoms with Crippen molar-refractivity contribution in [3.63, 3.8) is 0 Å². The van der Waals surface area contributed by atoms with Crippen LogP contribution in [0.25, 0.3) is 0 Å². The molecule has 6 N–H and O–H groups in total. The molecule has 1 atom stereocenters. The fraction of sp³-hybridized carbons (Fsp3) is 0.300. The molecule has 0 fully saturated rings. The summed E-state index contributed by atoms with van der Waals surface area (Å²) >= 11 is 0. The van der Waals surface area contributed by atoms with E-state index in [1.165, 1.54) is 0 Å². The monoisotopic (exact) mass is 454 g/mol. The van der Waals surface area contributed by atoms with Gasteiger partial charge in [-0.25, -0.2) is 8.42 Å². The molecule has 0 radical (unpaired) electrons. The summed E-state index contributed by atoms with van der Waals surface area (Å²) in [5, 5.41) is 2.51. The first-order valence-electron chi connectivity index (χ1n) is 9.04. The summed E-state index contributed by atoms with van der Waals surface area (Å²) in [7, 11) is -4.16. The van der Waals surface area contributed by atoms with Gasteiger partial charge in [-0.05, 0) is 62.6 Å². The highest BCUT2D eigenvalue weighted by molar-refractivity contribution is 7.89. The molecule has 2 amide bonds. The second-order valence-electron chi connectivity index (χ2n) is 6.91. The molecule has 2 aromatic carbocycles. The van der Waals surface area contributed by atoms with E-state index in [9.17, 15) is 18.0 Å². The number of nitrogens with two attached hydrogens (primary N) is 2. The molecular weight excluding hydrogens is 428 g/mol. The van der Waals surface area contributed by atoms with Gasteiger partial charge in [-0.3, -0.25) is 9.59 Å². The van der Waals surface area contributed by atoms with E-state index in [0.717, 1.165) is 11.1 Å². The average molecular weight is 455 g/mol. The van der Waals surface area contributed by atoms with Crippen molar-refractivity contribution in [3.05, 3.63) is 58.7 Å². The Kier molecular flexibility index (Phi) is 8.98. The summed E-state index contributed by atoms with van der Waals surface area (Å²) in [5.74, 6) is -1.97. The van der Waals surface area contributed by atoms with Crippen LogP contribution < -0.4 is 21.5 Å². The van der Waals surface area contributed by atoms with Crippen LogP contribution in [-0.4, -0.2) is 32.8 Å². The Hall–Kier alpha value is -2.46. The quantitative estimate of drug-likeness (QED) is 0.444. The van der Waals surface area contributed by atoms with Gasteiger partial charge in [0, 0.05) is 5.69 Å². The highest BCUT2D eigenvalue weighted by Crippen LogP contribution is 2.22. The van der Waals surface area contributed by atoms with Crippen LogP contribution in [0.4, 0.5) is 5.69 Å². The zero-order valence-electron chi connectivity index (χ0n) is 17.1. The van der Waals surface area contributed by atoms with Crippen LogP contribution in [0.15, 0.2) is 41.3 Å². The fourth-order valence-electron chi connectivity index (χ4n) is 3.18. The molecule has 2 rings (SSSR count). The van der Waals surface area contributed by atoms with Gasteiger partial charge in [0.15, 0.2) is 6.04 Å². The zero-order chi connectivity index (χ0) is 21.8. The Morgan fingerprint density at radius 2 is 1.57 bits per heavy atom. The number of anilines is 1. The lowest BCUT2D eigenvalue weighted by Gasteiger charge is -2.18. The number of halogens is 1. The largest absolute Gasteiger partial charge is 0.368 e. The van der Waals surface area contributed by atoms with Crippen molar-refractivity contribution in [2.75, 3.05) is 11.9 Å². The van der Waals surface area contributed by atoms with E-state index in [2.05, 4.69) is 10.0 Å². The van der Waals surface area contributed by atoms with Crippen LogP contribution in [-0.2, 0) is 26.0 Å². The Morgan fingerprint density at radius 1 is 1.03 bits per heavy atom. The Morgan fingerprint density at radius 3 is 2.03 bits per heavy atom. The third-order valence-corrected chi connectivity index (χ3v) is 6.08. The molecule has 10 heteroatoms.